The van der Waals surface area contributed by atoms with Crippen LogP contribution < -0.4 is 5.32 Å². The van der Waals surface area contributed by atoms with Crippen LogP contribution in [0.4, 0.5) is 0 Å². The van der Waals surface area contributed by atoms with Crippen LogP contribution in [0.3, 0.4) is 0 Å². The average Bonchev–Trinajstić information content (AvgIpc) is 2.54. The highest BCUT2D eigenvalue weighted by Crippen LogP contribution is 2.20. The summed E-state index contributed by atoms with van der Waals surface area (Å²) in [6.45, 7) is 4.26. The van der Waals surface area contributed by atoms with E-state index in [1.54, 1.807) is 30.5 Å². The maximum Gasteiger partial charge on any atom is 0.349 e. The van der Waals surface area contributed by atoms with Gasteiger partial charge in [0.1, 0.15) is 0 Å². The van der Waals surface area contributed by atoms with Crippen molar-refractivity contribution in [2.45, 2.75) is 11.3 Å². The molecule has 0 radical (unpaired) electrons. The van der Waals surface area contributed by atoms with Gasteiger partial charge in [-0.15, -0.1) is 6.58 Å². The van der Waals surface area contributed by atoms with Gasteiger partial charge in [-0.05, 0) is 36.9 Å². The fourth-order valence-electron chi connectivity index (χ4n) is 1.57. The molecule has 1 aromatic carbocycles. The van der Waals surface area contributed by atoms with E-state index in [9.17, 15) is 13.2 Å². The molecule has 0 atom stereocenters. The largest absolute Gasteiger partial charge is 0.465 e. The van der Waals surface area contributed by atoms with Gasteiger partial charge >= 0.3 is 5.97 Å². The van der Waals surface area contributed by atoms with E-state index < -0.39 is 20.7 Å². The maximum atomic E-state index is 12.5. The highest BCUT2D eigenvalue weighted by Gasteiger charge is 2.26. The van der Waals surface area contributed by atoms with Crippen molar-refractivity contribution < 1.29 is 17.9 Å². The van der Waals surface area contributed by atoms with E-state index >= 15 is 0 Å². The number of esters is 1. The van der Waals surface area contributed by atoms with Crippen LogP contribution in [0.25, 0.3) is 0 Å². The van der Waals surface area contributed by atoms with Crippen molar-refractivity contribution in [2.24, 2.45) is 0 Å². The fourth-order valence-corrected chi connectivity index (χ4v) is 2.90. The Bertz CT molecular complexity index is 661. The number of carbonyl (C=O) groups excluding carboxylic acids is 1. The summed E-state index contributed by atoms with van der Waals surface area (Å²) in [6, 6.07) is 7.74. The van der Waals surface area contributed by atoms with Crippen molar-refractivity contribution in [1.82, 2.24) is 5.32 Å². The number of benzene rings is 1. The van der Waals surface area contributed by atoms with E-state index in [1.807, 2.05) is 0 Å². The van der Waals surface area contributed by atoms with Gasteiger partial charge in [0.2, 0.25) is 9.84 Å². The van der Waals surface area contributed by atoms with Crippen LogP contribution in [0.15, 0.2) is 71.1 Å². The molecule has 0 saturated heterocycles. The quantitative estimate of drug-likeness (QED) is 0.261. The number of allylic oxidation sites excluding steroid dienone is 2. The predicted molar refractivity (Wildman–Crippen MR) is 85.7 cm³/mol. The lowest BCUT2D eigenvalue weighted by molar-refractivity contribution is -0.135. The second kappa shape index (κ2) is 8.84. The van der Waals surface area contributed by atoms with E-state index in [2.05, 4.69) is 16.6 Å². The molecule has 0 heterocycles. The Labute approximate surface area is 130 Å². The molecule has 0 fully saturated rings. The van der Waals surface area contributed by atoms with Gasteiger partial charge in [0.05, 0.1) is 12.0 Å². The van der Waals surface area contributed by atoms with Crippen LogP contribution in [0.1, 0.15) is 6.42 Å². The normalized spacial score (nSPS) is 12.1. The lowest BCUT2D eigenvalue weighted by atomic mass is 10.4. The number of rotatable bonds is 8. The molecule has 1 N–H and O–H groups in total. The van der Waals surface area contributed by atoms with Crippen LogP contribution in [0.2, 0.25) is 0 Å². The fraction of sp³-hybridized carbons (Fsp3) is 0.188. The molecule has 1 aromatic rings. The molecule has 1 rings (SSSR count). The lowest BCUT2D eigenvalue weighted by Crippen LogP contribution is -2.15. The Morgan fingerprint density at radius 1 is 1.32 bits per heavy atom. The average molecular weight is 321 g/mol. The molecule has 118 valence electrons. The first-order valence-corrected chi connectivity index (χ1v) is 8.12. The zero-order chi connectivity index (χ0) is 16.4. The van der Waals surface area contributed by atoms with Gasteiger partial charge in [-0.25, -0.2) is 13.2 Å². The summed E-state index contributed by atoms with van der Waals surface area (Å²) in [6.07, 6.45) is 6.77. The maximum absolute atomic E-state index is 12.5. The van der Waals surface area contributed by atoms with E-state index in [-0.39, 0.29) is 4.90 Å². The van der Waals surface area contributed by atoms with E-state index in [4.69, 9.17) is 0 Å². The van der Waals surface area contributed by atoms with Crippen molar-refractivity contribution in [3.05, 3.63) is 66.2 Å². The van der Waals surface area contributed by atoms with Gasteiger partial charge in [-0.1, -0.05) is 24.3 Å². The third-order valence-corrected chi connectivity index (χ3v) is 4.46. The molecule has 0 saturated carbocycles. The topological polar surface area (TPSA) is 72.5 Å². The summed E-state index contributed by atoms with van der Waals surface area (Å²) in [5.74, 6) is -0.903. The molecule has 6 heteroatoms. The molecule has 0 bridgehead atoms. The Morgan fingerprint density at radius 3 is 2.59 bits per heavy atom. The summed E-state index contributed by atoms with van der Waals surface area (Å²) in [7, 11) is -2.78. The molecule has 0 unspecified atom stereocenters. The molecular weight excluding hydrogens is 302 g/mol. The van der Waals surface area contributed by atoms with Crippen LogP contribution >= 0.6 is 0 Å². The van der Waals surface area contributed by atoms with Crippen molar-refractivity contribution in [1.29, 1.82) is 0 Å². The molecule has 5 nitrogen and oxygen atoms in total. The number of carbonyl (C=O) groups is 1. The van der Waals surface area contributed by atoms with Gasteiger partial charge in [0, 0.05) is 6.54 Å². The first-order chi connectivity index (χ1) is 10.5. The second-order valence-corrected chi connectivity index (χ2v) is 6.15. The highest BCUT2D eigenvalue weighted by molar-refractivity contribution is 7.96. The van der Waals surface area contributed by atoms with Gasteiger partial charge in [0.15, 0.2) is 4.91 Å². The third-order valence-electron chi connectivity index (χ3n) is 2.68. The number of ether oxygens (including phenoxy) is 1. The van der Waals surface area contributed by atoms with Crippen LogP contribution in [-0.4, -0.2) is 28.0 Å². The molecule has 22 heavy (non-hydrogen) atoms. The summed E-state index contributed by atoms with van der Waals surface area (Å²) in [5, 5.41) is 2.95. The minimum Gasteiger partial charge on any atom is -0.465 e. The lowest BCUT2D eigenvalue weighted by Gasteiger charge is -2.06. The molecule has 0 aromatic heterocycles. The predicted octanol–water partition coefficient (Wildman–Crippen LogP) is 2.20. The SMILES string of the molecule is C=CCCNC=CC=C(C(=O)OC)S(=O)(=O)c1ccccc1. The first-order valence-electron chi connectivity index (χ1n) is 6.63. The van der Waals surface area contributed by atoms with Gasteiger partial charge in [0.25, 0.3) is 0 Å². The van der Waals surface area contributed by atoms with Gasteiger partial charge < -0.3 is 10.1 Å². The molecule has 0 spiro atoms. The smallest absolute Gasteiger partial charge is 0.349 e. The third kappa shape index (κ3) is 4.89. The van der Waals surface area contributed by atoms with E-state index in [0.717, 1.165) is 13.5 Å². The van der Waals surface area contributed by atoms with E-state index in [0.29, 0.717) is 6.54 Å². The van der Waals surface area contributed by atoms with Crippen LogP contribution in [-0.2, 0) is 19.4 Å². The van der Waals surface area contributed by atoms with Crippen molar-refractivity contribution in [3.63, 3.8) is 0 Å². The van der Waals surface area contributed by atoms with Gasteiger partial charge in [-0.3, -0.25) is 0 Å². The van der Waals surface area contributed by atoms with Crippen molar-refractivity contribution in [3.8, 4) is 0 Å². The summed E-state index contributed by atoms with van der Waals surface area (Å²) < 4.78 is 29.5. The number of hydrogen-bond acceptors (Lipinski definition) is 5. The Morgan fingerprint density at radius 2 is 2.00 bits per heavy atom. The number of methoxy groups -OCH3 is 1. The summed E-state index contributed by atoms with van der Waals surface area (Å²) >= 11 is 0. The Balaban J connectivity index is 3.03. The highest BCUT2D eigenvalue weighted by atomic mass is 32.2. The molecule has 0 aliphatic heterocycles. The zero-order valence-corrected chi connectivity index (χ0v) is 13.2. The summed E-state index contributed by atoms with van der Waals surface area (Å²) in [4.78, 5) is 11.4. The zero-order valence-electron chi connectivity index (χ0n) is 12.4. The molecule has 0 aliphatic rings. The first kappa shape index (κ1) is 17.7. The monoisotopic (exact) mass is 321 g/mol. The number of hydrogen-bond donors (Lipinski definition) is 1. The van der Waals surface area contributed by atoms with E-state index in [1.165, 1.54) is 24.3 Å². The number of sulfone groups is 1. The number of nitrogens with one attached hydrogen (secondary N) is 1. The van der Waals surface area contributed by atoms with Gasteiger partial charge in [-0.2, -0.15) is 0 Å². The minimum atomic E-state index is -3.92. The Hall–Kier alpha value is -2.34. The Kier molecular flexibility index (Phi) is 7.12. The van der Waals surface area contributed by atoms with Crippen molar-refractivity contribution >= 4 is 15.8 Å². The van der Waals surface area contributed by atoms with Crippen LogP contribution in [0.5, 0.6) is 0 Å². The minimum absolute atomic E-state index is 0.0414. The molecule has 0 aliphatic carbocycles. The summed E-state index contributed by atoms with van der Waals surface area (Å²) in [5.41, 5.74) is 0. The molecule has 0 amide bonds. The molecular formula is C16H19NO4S. The van der Waals surface area contributed by atoms with Crippen molar-refractivity contribution in [2.75, 3.05) is 13.7 Å². The standard InChI is InChI=1S/C16H19NO4S/c1-3-4-12-17-13-8-11-15(16(18)21-2)22(19,20)14-9-6-5-7-10-14/h3,5-11,13,17H,1,4,12H2,2H3. The second-order valence-electron chi connectivity index (χ2n) is 4.23. The van der Waals surface area contributed by atoms with Crippen LogP contribution in [0, 0.1) is 0 Å².